The zero-order valence-corrected chi connectivity index (χ0v) is 14.5. The average molecular weight is 411 g/mol. The van der Waals surface area contributed by atoms with Gasteiger partial charge in [0.15, 0.2) is 5.75 Å². The molecule has 0 fully saturated rings. The maximum atomic E-state index is 9.81. The van der Waals surface area contributed by atoms with Crippen molar-refractivity contribution in [3.63, 3.8) is 0 Å². The second-order valence-electron chi connectivity index (χ2n) is 3.72. The summed E-state index contributed by atoms with van der Waals surface area (Å²) in [6.45, 7) is 0. The molecule has 0 aliphatic rings. The van der Waals surface area contributed by atoms with Gasteiger partial charge in [-0.3, -0.25) is 0 Å². The van der Waals surface area contributed by atoms with Gasteiger partial charge in [0, 0.05) is 11.1 Å². The molecule has 20 heavy (non-hydrogen) atoms. The summed E-state index contributed by atoms with van der Waals surface area (Å²) < 4.78 is 0. The second-order valence-corrected chi connectivity index (χ2v) is 6.48. The van der Waals surface area contributed by atoms with E-state index < -0.39 is 0 Å². The zero-order valence-electron chi connectivity index (χ0n) is 9.25. The molecule has 1 nitrogen and oxygen atoms in total. The molecule has 0 aromatic heterocycles. The van der Waals surface area contributed by atoms with Crippen LogP contribution in [0.25, 0.3) is 11.1 Å². The summed E-state index contributed by atoms with van der Waals surface area (Å²) >= 11 is 42.1. The Balaban J connectivity index is 2.90. The second kappa shape index (κ2) is 6.18. The predicted molar refractivity (Wildman–Crippen MR) is 88.6 cm³/mol. The van der Waals surface area contributed by atoms with Crippen molar-refractivity contribution in [2.75, 3.05) is 0 Å². The Morgan fingerprint density at radius 2 is 1.00 bits per heavy atom. The number of hydrogen-bond acceptors (Lipinski definition) is 1. The van der Waals surface area contributed by atoms with Gasteiger partial charge in [0.05, 0.1) is 35.2 Å². The van der Waals surface area contributed by atoms with Crippen LogP contribution in [0.1, 0.15) is 0 Å². The highest BCUT2D eigenvalue weighted by atomic mass is 35.5. The molecule has 2 aromatic carbocycles. The largest absolute Gasteiger partial charge is 0.505 e. The van der Waals surface area contributed by atoms with Crippen LogP contribution in [-0.2, 0) is 0 Å². The van der Waals surface area contributed by atoms with E-state index in [1.165, 1.54) is 12.1 Å². The molecule has 0 atom stereocenters. The van der Waals surface area contributed by atoms with Gasteiger partial charge in [-0.2, -0.15) is 0 Å². The molecule has 106 valence electrons. The van der Waals surface area contributed by atoms with Gasteiger partial charge in [0.1, 0.15) is 0 Å². The first-order valence-corrected chi connectivity index (χ1v) is 7.60. The molecule has 1 N–H and O–H groups in total. The lowest BCUT2D eigenvalue weighted by molar-refractivity contribution is 0.476. The summed E-state index contributed by atoms with van der Waals surface area (Å²) in [5.74, 6) is -0.328. The van der Waals surface area contributed by atoms with Gasteiger partial charge in [-0.15, -0.1) is 0 Å². The van der Waals surface area contributed by atoms with Crippen LogP contribution in [0.2, 0.25) is 35.2 Å². The van der Waals surface area contributed by atoms with E-state index in [2.05, 4.69) is 0 Å². The fourth-order valence-electron chi connectivity index (χ4n) is 1.60. The molecule has 0 saturated heterocycles. The van der Waals surface area contributed by atoms with E-state index in [1.54, 1.807) is 0 Å². The third kappa shape index (κ3) is 2.78. The van der Waals surface area contributed by atoms with Crippen LogP contribution in [0.4, 0.5) is 0 Å². The van der Waals surface area contributed by atoms with Gasteiger partial charge in [-0.25, -0.2) is 0 Å². The van der Waals surface area contributed by atoms with E-state index in [-0.39, 0.29) is 52.0 Å². The number of halogens is 7. The van der Waals surface area contributed by atoms with Gasteiger partial charge in [-0.05, 0) is 12.1 Å². The number of hydrogen-bond donors (Lipinski definition) is 1. The molecule has 0 saturated carbocycles. The minimum atomic E-state index is -0.328. The summed E-state index contributed by atoms with van der Waals surface area (Å²) in [5, 5.41) is 10.5. The Bertz CT molecular complexity index is 650. The zero-order chi connectivity index (χ0) is 15.2. The molecular weight excluding hydrogens is 408 g/mol. The van der Waals surface area contributed by atoms with Crippen LogP contribution in [0.5, 0.6) is 5.75 Å². The molecular formula is C12H3Cl7O. The van der Waals surface area contributed by atoms with Gasteiger partial charge in [0.25, 0.3) is 0 Å². The van der Waals surface area contributed by atoms with Gasteiger partial charge >= 0.3 is 0 Å². The molecule has 8 heteroatoms. The number of benzene rings is 2. The topological polar surface area (TPSA) is 20.2 Å². The average Bonchev–Trinajstić information content (AvgIpc) is 2.37. The van der Waals surface area contributed by atoms with Crippen molar-refractivity contribution in [3.8, 4) is 16.9 Å². The molecule has 0 bridgehead atoms. The van der Waals surface area contributed by atoms with Gasteiger partial charge in [-0.1, -0.05) is 81.2 Å². The minimum Gasteiger partial charge on any atom is -0.505 e. The Labute approximate surface area is 149 Å². The first kappa shape index (κ1) is 16.6. The van der Waals surface area contributed by atoms with Crippen LogP contribution < -0.4 is 0 Å². The molecule has 2 aromatic rings. The Morgan fingerprint density at radius 3 is 1.55 bits per heavy atom. The van der Waals surface area contributed by atoms with E-state index in [0.29, 0.717) is 0 Å². The van der Waals surface area contributed by atoms with E-state index in [4.69, 9.17) is 81.2 Å². The normalized spacial score (nSPS) is 10.9. The first-order chi connectivity index (χ1) is 9.25. The summed E-state index contributed by atoms with van der Waals surface area (Å²) in [7, 11) is 0. The van der Waals surface area contributed by atoms with Crippen molar-refractivity contribution in [2.24, 2.45) is 0 Å². The summed E-state index contributed by atoms with van der Waals surface area (Å²) in [6, 6.07) is 2.74. The standard InChI is InChI=1S/C12H3Cl7O/c13-3-1-5(15)9(17)10(18)7(3)8-4(14)2-6(16)12(20)11(8)19/h1-2,20H. The lowest BCUT2D eigenvalue weighted by Gasteiger charge is -2.15. The van der Waals surface area contributed by atoms with E-state index >= 15 is 0 Å². The first-order valence-electron chi connectivity index (χ1n) is 4.95. The number of phenols is 1. The molecule has 0 unspecified atom stereocenters. The van der Waals surface area contributed by atoms with Crippen LogP contribution >= 0.6 is 81.2 Å². The lowest BCUT2D eigenvalue weighted by Crippen LogP contribution is -1.88. The summed E-state index contributed by atoms with van der Waals surface area (Å²) in [6.07, 6.45) is 0. The van der Waals surface area contributed by atoms with Crippen molar-refractivity contribution >= 4 is 81.2 Å². The molecule has 0 aliphatic heterocycles. The van der Waals surface area contributed by atoms with Crippen molar-refractivity contribution in [1.82, 2.24) is 0 Å². The van der Waals surface area contributed by atoms with Gasteiger partial charge < -0.3 is 5.11 Å². The molecule has 2 rings (SSSR count). The van der Waals surface area contributed by atoms with Crippen molar-refractivity contribution in [3.05, 3.63) is 47.3 Å². The predicted octanol–water partition coefficient (Wildman–Crippen LogP) is 7.63. The fraction of sp³-hybridized carbons (Fsp3) is 0. The van der Waals surface area contributed by atoms with Crippen LogP contribution in [0, 0.1) is 0 Å². The monoisotopic (exact) mass is 408 g/mol. The van der Waals surface area contributed by atoms with Crippen molar-refractivity contribution < 1.29 is 5.11 Å². The van der Waals surface area contributed by atoms with Crippen LogP contribution in [0.15, 0.2) is 12.1 Å². The van der Waals surface area contributed by atoms with E-state index in [0.717, 1.165) is 0 Å². The Kier molecular flexibility index (Phi) is 5.14. The van der Waals surface area contributed by atoms with E-state index in [9.17, 15) is 5.11 Å². The fourth-order valence-corrected chi connectivity index (χ4v) is 3.66. The Hall–Kier alpha value is 0.270. The maximum absolute atomic E-state index is 9.81. The molecule has 0 radical (unpaired) electrons. The molecule has 0 amide bonds. The third-order valence-electron chi connectivity index (χ3n) is 2.51. The summed E-state index contributed by atoms with van der Waals surface area (Å²) in [4.78, 5) is 0. The quantitative estimate of drug-likeness (QED) is 0.378. The summed E-state index contributed by atoms with van der Waals surface area (Å²) in [5.41, 5.74) is 0.494. The maximum Gasteiger partial charge on any atom is 0.153 e. The highest BCUT2D eigenvalue weighted by Crippen LogP contribution is 2.50. The lowest BCUT2D eigenvalue weighted by atomic mass is 10.0. The minimum absolute atomic E-state index is 0.0102. The van der Waals surface area contributed by atoms with Crippen LogP contribution in [-0.4, -0.2) is 5.11 Å². The molecule has 0 heterocycles. The van der Waals surface area contributed by atoms with Crippen LogP contribution in [0.3, 0.4) is 0 Å². The number of phenolic OH excluding ortho intramolecular Hbond substituents is 1. The van der Waals surface area contributed by atoms with E-state index in [1.807, 2.05) is 0 Å². The highest BCUT2D eigenvalue weighted by Gasteiger charge is 2.23. The third-order valence-corrected chi connectivity index (χ3v) is 5.02. The SMILES string of the molecule is Oc1c(Cl)cc(Cl)c(-c2c(Cl)cc(Cl)c(Cl)c2Cl)c1Cl. The van der Waals surface area contributed by atoms with Crippen molar-refractivity contribution in [1.29, 1.82) is 0 Å². The highest BCUT2D eigenvalue weighted by molar-refractivity contribution is 6.52. The van der Waals surface area contributed by atoms with Crippen molar-refractivity contribution in [2.45, 2.75) is 0 Å². The molecule has 0 aliphatic carbocycles. The smallest absolute Gasteiger partial charge is 0.153 e. The van der Waals surface area contributed by atoms with Gasteiger partial charge in [0.2, 0.25) is 0 Å². The number of aromatic hydroxyl groups is 1. The molecule has 0 spiro atoms. The number of rotatable bonds is 1. The Morgan fingerprint density at radius 1 is 0.550 bits per heavy atom.